The van der Waals surface area contributed by atoms with Crippen LogP contribution in [0.1, 0.15) is 43.5 Å². The second-order valence-corrected chi connectivity index (χ2v) is 5.58. The summed E-state index contributed by atoms with van der Waals surface area (Å²) in [7, 11) is 0. The normalized spacial score (nSPS) is 16.3. The van der Waals surface area contributed by atoms with Crippen LogP contribution in [-0.4, -0.2) is 21.7 Å². The SMILES string of the molecule is Cc1c(Br)c(C(F)F)nn1CC(=O)NC1CCCC1. The molecule has 1 aromatic rings. The van der Waals surface area contributed by atoms with Gasteiger partial charge in [0.2, 0.25) is 5.91 Å². The second-order valence-electron chi connectivity index (χ2n) is 4.79. The Bertz CT molecular complexity index is 470. The van der Waals surface area contributed by atoms with E-state index in [1.165, 1.54) is 4.68 Å². The van der Waals surface area contributed by atoms with E-state index < -0.39 is 6.43 Å². The highest BCUT2D eigenvalue weighted by molar-refractivity contribution is 9.10. The number of alkyl halides is 2. The number of nitrogens with one attached hydrogen (secondary N) is 1. The fourth-order valence-electron chi connectivity index (χ4n) is 2.32. The Morgan fingerprint density at radius 2 is 2.16 bits per heavy atom. The van der Waals surface area contributed by atoms with E-state index in [1.54, 1.807) is 6.92 Å². The topological polar surface area (TPSA) is 46.9 Å². The maximum atomic E-state index is 12.7. The van der Waals surface area contributed by atoms with Crippen molar-refractivity contribution in [2.45, 2.75) is 51.6 Å². The summed E-state index contributed by atoms with van der Waals surface area (Å²) in [6, 6.07) is 0.223. The van der Waals surface area contributed by atoms with Gasteiger partial charge in [0, 0.05) is 6.04 Å². The molecule has 1 fully saturated rings. The van der Waals surface area contributed by atoms with Crippen molar-refractivity contribution in [3.05, 3.63) is 15.9 Å². The van der Waals surface area contributed by atoms with Crippen molar-refractivity contribution in [2.75, 3.05) is 0 Å². The first-order valence-electron chi connectivity index (χ1n) is 6.29. The number of carbonyl (C=O) groups excluding carboxylic acids is 1. The van der Waals surface area contributed by atoms with E-state index in [0.29, 0.717) is 5.69 Å². The number of amides is 1. The molecule has 19 heavy (non-hydrogen) atoms. The summed E-state index contributed by atoms with van der Waals surface area (Å²) in [5.41, 5.74) is 0.225. The van der Waals surface area contributed by atoms with Crippen molar-refractivity contribution in [1.82, 2.24) is 15.1 Å². The molecule has 1 heterocycles. The molecule has 0 saturated heterocycles. The molecule has 7 heteroatoms. The van der Waals surface area contributed by atoms with Gasteiger partial charge in [-0.25, -0.2) is 8.78 Å². The Labute approximate surface area is 118 Å². The van der Waals surface area contributed by atoms with Gasteiger partial charge in [-0.3, -0.25) is 9.48 Å². The standard InChI is InChI=1S/C12H16BrF2N3O/c1-7-10(13)11(12(14)15)17-18(7)6-9(19)16-8-4-2-3-5-8/h8,12H,2-6H2,1H3,(H,16,19). The minimum Gasteiger partial charge on any atom is -0.352 e. The van der Waals surface area contributed by atoms with E-state index in [-0.39, 0.29) is 28.7 Å². The molecule has 1 N–H and O–H groups in total. The van der Waals surface area contributed by atoms with Crippen molar-refractivity contribution < 1.29 is 13.6 Å². The van der Waals surface area contributed by atoms with Gasteiger partial charge in [-0.1, -0.05) is 12.8 Å². The number of aromatic nitrogens is 2. The number of carbonyl (C=O) groups is 1. The molecule has 1 aromatic heterocycles. The maximum Gasteiger partial charge on any atom is 0.283 e. The summed E-state index contributed by atoms with van der Waals surface area (Å²) >= 11 is 3.08. The predicted octanol–water partition coefficient (Wildman–Crippen LogP) is 2.95. The highest BCUT2D eigenvalue weighted by Gasteiger charge is 2.22. The molecule has 0 unspecified atom stereocenters. The Balaban J connectivity index is 2.02. The molecule has 4 nitrogen and oxygen atoms in total. The van der Waals surface area contributed by atoms with Crippen LogP contribution >= 0.6 is 15.9 Å². The van der Waals surface area contributed by atoms with Crippen molar-refractivity contribution >= 4 is 21.8 Å². The smallest absolute Gasteiger partial charge is 0.283 e. The zero-order chi connectivity index (χ0) is 14.0. The number of hydrogen-bond acceptors (Lipinski definition) is 2. The van der Waals surface area contributed by atoms with Gasteiger partial charge in [-0.15, -0.1) is 0 Å². The average Bonchev–Trinajstić information content (AvgIpc) is 2.92. The quantitative estimate of drug-likeness (QED) is 0.919. The third-order valence-corrected chi connectivity index (χ3v) is 4.36. The Hall–Kier alpha value is -0.980. The van der Waals surface area contributed by atoms with Crippen LogP contribution in [0.5, 0.6) is 0 Å². The fourth-order valence-corrected chi connectivity index (χ4v) is 2.78. The third-order valence-electron chi connectivity index (χ3n) is 3.38. The molecule has 0 spiro atoms. The molecule has 0 radical (unpaired) electrons. The van der Waals surface area contributed by atoms with E-state index in [0.717, 1.165) is 25.7 Å². The molecule has 1 aliphatic carbocycles. The van der Waals surface area contributed by atoms with Gasteiger partial charge in [0.1, 0.15) is 12.2 Å². The number of halogens is 3. The Morgan fingerprint density at radius 1 is 1.53 bits per heavy atom. The van der Waals surface area contributed by atoms with E-state index >= 15 is 0 Å². The van der Waals surface area contributed by atoms with E-state index in [9.17, 15) is 13.6 Å². The first-order chi connectivity index (χ1) is 8.99. The van der Waals surface area contributed by atoms with E-state index in [2.05, 4.69) is 26.3 Å². The molecular formula is C12H16BrF2N3O. The largest absolute Gasteiger partial charge is 0.352 e. The van der Waals surface area contributed by atoms with Crippen LogP contribution in [0.4, 0.5) is 8.78 Å². The number of nitrogens with zero attached hydrogens (tertiary/aromatic N) is 2. The molecule has 1 aliphatic rings. The summed E-state index contributed by atoms with van der Waals surface area (Å²) in [5.74, 6) is -0.175. The molecule has 106 valence electrons. The van der Waals surface area contributed by atoms with Crippen molar-refractivity contribution in [3.63, 3.8) is 0 Å². The monoisotopic (exact) mass is 335 g/mol. The summed E-state index contributed by atoms with van der Waals surface area (Å²) in [6.45, 7) is 1.64. The lowest BCUT2D eigenvalue weighted by Crippen LogP contribution is -2.35. The lowest BCUT2D eigenvalue weighted by atomic mass is 10.2. The van der Waals surface area contributed by atoms with Gasteiger partial charge < -0.3 is 5.32 Å². The van der Waals surface area contributed by atoms with Gasteiger partial charge in [-0.2, -0.15) is 5.10 Å². The molecule has 0 aromatic carbocycles. The lowest BCUT2D eigenvalue weighted by Gasteiger charge is -2.12. The molecule has 1 amide bonds. The molecule has 1 saturated carbocycles. The van der Waals surface area contributed by atoms with Crippen LogP contribution in [0.15, 0.2) is 4.47 Å². The van der Waals surface area contributed by atoms with E-state index in [4.69, 9.17) is 0 Å². The Morgan fingerprint density at radius 3 is 2.68 bits per heavy atom. The van der Waals surface area contributed by atoms with E-state index in [1.807, 2.05) is 0 Å². The van der Waals surface area contributed by atoms with Crippen LogP contribution in [-0.2, 0) is 11.3 Å². The average molecular weight is 336 g/mol. The van der Waals surface area contributed by atoms with Crippen molar-refractivity contribution in [3.8, 4) is 0 Å². The molecular weight excluding hydrogens is 320 g/mol. The lowest BCUT2D eigenvalue weighted by molar-refractivity contribution is -0.122. The summed E-state index contributed by atoms with van der Waals surface area (Å²) in [5, 5.41) is 6.69. The molecule has 0 bridgehead atoms. The molecule has 0 aliphatic heterocycles. The van der Waals surface area contributed by atoms with Crippen LogP contribution in [0, 0.1) is 6.92 Å². The minimum atomic E-state index is -2.65. The van der Waals surface area contributed by atoms with Crippen LogP contribution in [0.2, 0.25) is 0 Å². The highest BCUT2D eigenvalue weighted by atomic mass is 79.9. The third kappa shape index (κ3) is 3.32. The van der Waals surface area contributed by atoms with Gasteiger partial charge in [-0.05, 0) is 35.7 Å². The molecule has 0 atom stereocenters. The second kappa shape index (κ2) is 5.98. The summed E-state index contributed by atoms with van der Waals surface area (Å²) < 4.78 is 26.9. The molecule has 2 rings (SSSR count). The number of hydrogen-bond donors (Lipinski definition) is 1. The Kier molecular flexibility index (Phi) is 4.54. The maximum absolute atomic E-state index is 12.7. The predicted molar refractivity (Wildman–Crippen MR) is 70.0 cm³/mol. The fraction of sp³-hybridized carbons (Fsp3) is 0.667. The van der Waals surface area contributed by atoms with Crippen molar-refractivity contribution in [1.29, 1.82) is 0 Å². The minimum absolute atomic E-state index is 0.0202. The van der Waals surface area contributed by atoms with Crippen LogP contribution in [0.25, 0.3) is 0 Å². The number of rotatable bonds is 4. The first kappa shape index (κ1) is 14.4. The summed E-state index contributed by atoms with van der Waals surface area (Å²) in [4.78, 5) is 11.8. The zero-order valence-electron chi connectivity index (χ0n) is 10.6. The van der Waals surface area contributed by atoms with Crippen molar-refractivity contribution in [2.24, 2.45) is 0 Å². The highest BCUT2D eigenvalue weighted by Crippen LogP contribution is 2.28. The van der Waals surface area contributed by atoms with Gasteiger partial charge in [0.05, 0.1) is 10.2 Å². The van der Waals surface area contributed by atoms with Crippen LogP contribution in [0.3, 0.4) is 0 Å². The first-order valence-corrected chi connectivity index (χ1v) is 7.08. The van der Waals surface area contributed by atoms with Gasteiger partial charge in [0.15, 0.2) is 0 Å². The summed E-state index contributed by atoms with van der Waals surface area (Å²) in [6.07, 6.45) is 1.61. The van der Waals surface area contributed by atoms with Crippen LogP contribution < -0.4 is 5.32 Å². The van der Waals surface area contributed by atoms with Gasteiger partial charge in [0.25, 0.3) is 6.43 Å². The van der Waals surface area contributed by atoms with Gasteiger partial charge >= 0.3 is 0 Å². The zero-order valence-corrected chi connectivity index (χ0v) is 12.2.